The lowest BCUT2D eigenvalue weighted by Gasteiger charge is -2.38. The fraction of sp³-hybridized carbons (Fsp3) is 0.588. The van der Waals surface area contributed by atoms with Gasteiger partial charge in [0, 0.05) is 38.3 Å². The van der Waals surface area contributed by atoms with Gasteiger partial charge >= 0.3 is 0 Å². The number of carbonyl (C=O) groups is 1. The van der Waals surface area contributed by atoms with Crippen LogP contribution in [0.4, 0.5) is 0 Å². The molecule has 26 heavy (non-hydrogen) atoms. The number of hydrogen-bond donors (Lipinski definition) is 0. The number of piperazine rings is 1. The summed E-state index contributed by atoms with van der Waals surface area (Å²) in [6.45, 7) is 4.23. The van der Waals surface area contributed by atoms with Gasteiger partial charge in [-0.2, -0.15) is 0 Å². The molecule has 6 nitrogen and oxygen atoms in total. The molecule has 9 heteroatoms. The summed E-state index contributed by atoms with van der Waals surface area (Å²) in [5.74, 6) is 0.910. The number of carbonyl (C=O) groups excluding carboxylic acids is 1. The van der Waals surface area contributed by atoms with E-state index in [9.17, 15) is 13.2 Å². The molecule has 1 amide bonds. The number of sulfone groups is 1. The van der Waals surface area contributed by atoms with Crippen LogP contribution in [-0.2, 0) is 14.6 Å². The first-order chi connectivity index (χ1) is 12.2. The minimum absolute atomic E-state index is 0.0853. The molecule has 0 aromatic heterocycles. The molecule has 2 saturated heterocycles. The van der Waals surface area contributed by atoms with E-state index in [0.717, 1.165) is 0 Å². The molecule has 0 radical (unpaired) electrons. The first kappa shape index (κ1) is 19.7. The van der Waals surface area contributed by atoms with E-state index in [0.29, 0.717) is 48.4 Å². The number of benzene rings is 1. The van der Waals surface area contributed by atoms with Gasteiger partial charge in [0.05, 0.1) is 21.6 Å². The van der Waals surface area contributed by atoms with Crippen LogP contribution in [0.3, 0.4) is 0 Å². The van der Waals surface area contributed by atoms with Crippen molar-refractivity contribution < 1.29 is 17.9 Å². The Bertz CT molecular complexity index is 779. The lowest BCUT2D eigenvalue weighted by Crippen LogP contribution is -2.54. The standard InChI is InChI=1S/C17H22Cl2N2O4S/c1-12(25-14-2-3-15(18)16(19)10-14)17(22)21-7-5-20(6-8-21)13-4-9-26(23,24)11-13/h2-3,10,12-13H,4-9,11H2,1H3. The molecule has 1 aromatic carbocycles. The summed E-state index contributed by atoms with van der Waals surface area (Å²) in [4.78, 5) is 16.6. The predicted octanol–water partition coefficient (Wildman–Crippen LogP) is 2.09. The molecular formula is C17H22Cl2N2O4S. The molecule has 2 unspecified atom stereocenters. The molecule has 2 aliphatic heterocycles. The van der Waals surface area contributed by atoms with Gasteiger partial charge in [-0.3, -0.25) is 9.69 Å². The van der Waals surface area contributed by atoms with E-state index >= 15 is 0 Å². The molecular weight excluding hydrogens is 399 g/mol. The van der Waals surface area contributed by atoms with Gasteiger partial charge in [0.1, 0.15) is 5.75 Å². The third kappa shape index (κ3) is 4.63. The molecule has 0 bridgehead atoms. The highest BCUT2D eigenvalue weighted by Crippen LogP contribution is 2.27. The Balaban J connectivity index is 1.52. The molecule has 2 aliphatic rings. The Hall–Kier alpha value is -1.02. The van der Waals surface area contributed by atoms with Crippen molar-refractivity contribution in [1.82, 2.24) is 9.80 Å². The average molecular weight is 421 g/mol. The largest absolute Gasteiger partial charge is 0.481 e. The van der Waals surface area contributed by atoms with E-state index in [1.54, 1.807) is 30.0 Å². The van der Waals surface area contributed by atoms with Gasteiger partial charge in [0.2, 0.25) is 0 Å². The molecule has 2 heterocycles. The topological polar surface area (TPSA) is 66.9 Å². The highest BCUT2D eigenvalue weighted by atomic mass is 35.5. The molecule has 0 spiro atoms. The summed E-state index contributed by atoms with van der Waals surface area (Å²) >= 11 is 11.8. The van der Waals surface area contributed by atoms with Crippen LogP contribution in [0.1, 0.15) is 13.3 Å². The minimum atomic E-state index is -2.89. The van der Waals surface area contributed by atoms with Crippen molar-refractivity contribution in [2.75, 3.05) is 37.7 Å². The van der Waals surface area contributed by atoms with Gasteiger partial charge in [0.25, 0.3) is 5.91 Å². The third-order valence-electron chi connectivity index (χ3n) is 4.90. The molecule has 3 rings (SSSR count). The number of rotatable bonds is 4. The molecule has 0 aliphatic carbocycles. The smallest absolute Gasteiger partial charge is 0.263 e. The quantitative estimate of drug-likeness (QED) is 0.745. The first-order valence-corrected chi connectivity index (χ1v) is 11.2. The van der Waals surface area contributed by atoms with Gasteiger partial charge in [-0.1, -0.05) is 23.2 Å². The highest BCUT2D eigenvalue weighted by Gasteiger charge is 2.35. The van der Waals surface area contributed by atoms with Crippen LogP contribution >= 0.6 is 23.2 Å². The van der Waals surface area contributed by atoms with E-state index < -0.39 is 15.9 Å². The number of ether oxygens (including phenoxy) is 1. The van der Waals surface area contributed by atoms with Gasteiger partial charge < -0.3 is 9.64 Å². The molecule has 144 valence electrons. The normalized spacial score (nSPS) is 24.4. The number of nitrogens with zero attached hydrogens (tertiary/aromatic N) is 2. The van der Waals surface area contributed by atoms with Crippen molar-refractivity contribution in [3.63, 3.8) is 0 Å². The zero-order valence-corrected chi connectivity index (χ0v) is 16.9. The zero-order valence-electron chi connectivity index (χ0n) is 14.5. The summed E-state index contributed by atoms with van der Waals surface area (Å²) in [7, 11) is -2.89. The van der Waals surface area contributed by atoms with E-state index in [-0.39, 0.29) is 23.5 Å². The van der Waals surface area contributed by atoms with Gasteiger partial charge in [-0.05, 0) is 25.5 Å². The SMILES string of the molecule is CC(Oc1ccc(Cl)c(Cl)c1)C(=O)N1CCN(C2CCS(=O)(=O)C2)CC1. The van der Waals surface area contributed by atoms with Crippen molar-refractivity contribution in [2.45, 2.75) is 25.5 Å². The van der Waals surface area contributed by atoms with E-state index in [2.05, 4.69) is 4.90 Å². The lowest BCUT2D eigenvalue weighted by atomic mass is 10.2. The van der Waals surface area contributed by atoms with Crippen LogP contribution < -0.4 is 4.74 Å². The summed E-state index contributed by atoms with van der Waals surface area (Å²) in [5, 5.41) is 0.812. The Kier molecular flexibility index (Phi) is 6.01. The number of hydrogen-bond acceptors (Lipinski definition) is 5. The van der Waals surface area contributed by atoms with E-state index in [1.165, 1.54) is 0 Å². The van der Waals surface area contributed by atoms with Crippen molar-refractivity contribution in [2.24, 2.45) is 0 Å². The van der Waals surface area contributed by atoms with Crippen LogP contribution in [0.2, 0.25) is 10.0 Å². The fourth-order valence-corrected chi connectivity index (χ4v) is 5.48. The van der Waals surface area contributed by atoms with Gasteiger partial charge in [-0.25, -0.2) is 8.42 Å². The second-order valence-corrected chi connectivity index (χ2v) is 9.80. The monoisotopic (exact) mass is 420 g/mol. The first-order valence-electron chi connectivity index (χ1n) is 8.60. The van der Waals surface area contributed by atoms with Crippen molar-refractivity contribution in [3.8, 4) is 5.75 Å². The zero-order chi connectivity index (χ0) is 18.9. The predicted molar refractivity (Wildman–Crippen MR) is 102 cm³/mol. The molecule has 2 atom stereocenters. The summed E-state index contributed by atoms with van der Waals surface area (Å²) < 4.78 is 29.0. The molecule has 0 saturated carbocycles. The second-order valence-electron chi connectivity index (χ2n) is 6.75. The van der Waals surface area contributed by atoms with E-state index in [1.807, 2.05) is 0 Å². The average Bonchev–Trinajstić information content (AvgIpc) is 2.97. The third-order valence-corrected chi connectivity index (χ3v) is 7.39. The number of halogens is 2. The maximum absolute atomic E-state index is 12.6. The maximum Gasteiger partial charge on any atom is 0.263 e. The minimum Gasteiger partial charge on any atom is -0.481 e. The Morgan fingerprint density at radius 3 is 2.46 bits per heavy atom. The summed E-state index contributed by atoms with van der Waals surface area (Å²) in [6, 6.07) is 4.98. The molecule has 0 N–H and O–H groups in total. The number of amides is 1. The highest BCUT2D eigenvalue weighted by molar-refractivity contribution is 7.91. The lowest BCUT2D eigenvalue weighted by molar-refractivity contribution is -0.140. The molecule has 2 fully saturated rings. The Labute approximate surface area is 163 Å². The maximum atomic E-state index is 12.6. The second kappa shape index (κ2) is 7.92. The van der Waals surface area contributed by atoms with Crippen molar-refractivity contribution >= 4 is 38.9 Å². The summed E-state index contributed by atoms with van der Waals surface area (Å²) in [5.41, 5.74) is 0. The van der Waals surface area contributed by atoms with Crippen LogP contribution in [0.5, 0.6) is 5.75 Å². The summed E-state index contributed by atoms with van der Waals surface area (Å²) in [6.07, 6.45) is 0.0540. The Morgan fingerprint density at radius 2 is 1.88 bits per heavy atom. The van der Waals surface area contributed by atoms with E-state index in [4.69, 9.17) is 27.9 Å². The van der Waals surface area contributed by atoms with Crippen molar-refractivity contribution in [1.29, 1.82) is 0 Å². The van der Waals surface area contributed by atoms with Gasteiger partial charge in [0.15, 0.2) is 15.9 Å². The Morgan fingerprint density at radius 1 is 1.19 bits per heavy atom. The van der Waals surface area contributed by atoms with Crippen LogP contribution in [0.15, 0.2) is 18.2 Å². The van der Waals surface area contributed by atoms with Crippen LogP contribution in [-0.4, -0.2) is 74.0 Å². The fourth-order valence-electron chi connectivity index (χ4n) is 3.43. The van der Waals surface area contributed by atoms with Gasteiger partial charge in [-0.15, -0.1) is 0 Å². The van der Waals surface area contributed by atoms with Crippen LogP contribution in [0.25, 0.3) is 0 Å². The van der Waals surface area contributed by atoms with Crippen molar-refractivity contribution in [3.05, 3.63) is 28.2 Å². The van der Waals surface area contributed by atoms with Crippen LogP contribution in [0, 0.1) is 0 Å². The molecule has 1 aromatic rings.